The Morgan fingerprint density at radius 1 is 1.11 bits per heavy atom. The van der Waals surface area contributed by atoms with Crippen molar-refractivity contribution >= 4 is 40.7 Å². The van der Waals surface area contributed by atoms with Crippen LogP contribution in [0.15, 0.2) is 48.7 Å². The number of methoxy groups -OCH3 is 1. The van der Waals surface area contributed by atoms with Gasteiger partial charge in [0.15, 0.2) is 0 Å². The summed E-state index contributed by atoms with van der Waals surface area (Å²) in [5.41, 5.74) is 3.86. The maximum absolute atomic E-state index is 11.9. The van der Waals surface area contributed by atoms with Crippen molar-refractivity contribution < 1.29 is 9.53 Å². The number of hydrogen-bond acceptors (Lipinski definition) is 6. The van der Waals surface area contributed by atoms with Gasteiger partial charge in [0.25, 0.3) is 0 Å². The molecule has 2 N–H and O–H groups in total. The topological polar surface area (TPSA) is 76.1 Å². The highest BCUT2D eigenvalue weighted by atomic mass is 35.5. The number of ether oxygens (including phenoxy) is 1. The van der Waals surface area contributed by atoms with E-state index in [9.17, 15) is 4.79 Å². The fraction of sp³-hybridized carbons (Fsp3) is 0.150. The number of benzene rings is 2. The van der Waals surface area contributed by atoms with Crippen molar-refractivity contribution in [1.29, 1.82) is 0 Å². The minimum atomic E-state index is -0.436. The summed E-state index contributed by atoms with van der Waals surface area (Å²) in [7, 11) is 1.34. The number of nitrogens with zero attached hydrogens (tertiary/aromatic N) is 2. The lowest BCUT2D eigenvalue weighted by atomic mass is 10.1. The van der Waals surface area contributed by atoms with Gasteiger partial charge in [-0.15, -0.1) is 0 Å². The second kappa shape index (κ2) is 8.05. The first-order valence-electron chi connectivity index (χ1n) is 8.29. The molecule has 0 unspecified atom stereocenters. The molecule has 0 radical (unpaired) electrons. The molecule has 3 rings (SSSR count). The van der Waals surface area contributed by atoms with E-state index >= 15 is 0 Å². The predicted molar refractivity (Wildman–Crippen MR) is 107 cm³/mol. The monoisotopic (exact) mass is 382 g/mol. The number of carbonyl (C=O) groups is 1. The molecule has 0 fully saturated rings. The molecule has 0 aliphatic carbocycles. The van der Waals surface area contributed by atoms with Gasteiger partial charge in [-0.1, -0.05) is 29.8 Å². The summed E-state index contributed by atoms with van der Waals surface area (Å²) in [4.78, 5) is 20.6. The third kappa shape index (κ3) is 4.35. The molecule has 2 aromatic carbocycles. The van der Waals surface area contributed by atoms with Gasteiger partial charge in [-0.05, 0) is 49.2 Å². The van der Waals surface area contributed by atoms with Gasteiger partial charge >= 0.3 is 5.97 Å². The van der Waals surface area contributed by atoms with Crippen LogP contribution in [-0.2, 0) is 4.74 Å². The van der Waals surface area contributed by atoms with Crippen LogP contribution in [0.25, 0.3) is 0 Å². The lowest BCUT2D eigenvalue weighted by Crippen LogP contribution is -2.07. The number of rotatable bonds is 5. The van der Waals surface area contributed by atoms with E-state index in [1.165, 1.54) is 7.11 Å². The Labute approximate surface area is 162 Å². The Bertz CT molecular complexity index is 968. The first-order chi connectivity index (χ1) is 13.0. The van der Waals surface area contributed by atoms with Crippen LogP contribution in [0.1, 0.15) is 21.5 Å². The summed E-state index contributed by atoms with van der Waals surface area (Å²) in [5.74, 6) is 0.489. The number of anilines is 4. The average Bonchev–Trinajstić information content (AvgIpc) is 2.65. The molecule has 138 valence electrons. The van der Waals surface area contributed by atoms with Crippen LogP contribution in [0.4, 0.5) is 23.1 Å². The molecule has 0 saturated carbocycles. The fourth-order valence-electron chi connectivity index (χ4n) is 2.69. The predicted octanol–water partition coefficient (Wildman–Crippen LogP) is 5.02. The van der Waals surface area contributed by atoms with Gasteiger partial charge < -0.3 is 15.4 Å². The third-order valence-electron chi connectivity index (χ3n) is 3.92. The highest BCUT2D eigenvalue weighted by Crippen LogP contribution is 2.30. The number of aryl methyl sites for hydroxylation is 2. The quantitative estimate of drug-likeness (QED) is 0.603. The minimum Gasteiger partial charge on any atom is -0.465 e. The third-order valence-corrected chi connectivity index (χ3v) is 4.22. The maximum atomic E-state index is 11.9. The van der Waals surface area contributed by atoms with Gasteiger partial charge in [-0.3, -0.25) is 0 Å². The van der Waals surface area contributed by atoms with Crippen LogP contribution in [0.5, 0.6) is 0 Å². The molecule has 0 amide bonds. The lowest BCUT2D eigenvalue weighted by Gasteiger charge is -2.13. The molecule has 6 nitrogen and oxygen atoms in total. The molecule has 27 heavy (non-hydrogen) atoms. The number of esters is 1. The molecule has 3 aromatic rings. The number of nitrogens with one attached hydrogen (secondary N) is 2. The molecule has 0 aliphatic heterocycles. The number of halogens is 1. The van der Waals surface area contributed by atoms with E-state index < -0.39 is 5.97 Å². The van der Waals surface area contributed by atoms with E-state index in [0.29, 0.717) is 28.0 Å². The summed E-state index contributed by atoms with van der Waals surface area (Å²) in [6, 6.07) is 12.7. The smallest absolute Gasteiger partial charge is 0.339 e. The Hall–Kier alpha value is -3.12. The zero-order valence-corrected chi connectivity index (χ0v) is 16.0. The molecular weight excluding hydrogens is 364 g/mol. The fourth-order valence-corrected chi connectivity index (χ4v) is 3.06. The Kier molecular flexibility index (Phi) is 5.57. The lowest BCUT2D eigenvalue weighted by molar-refractivity contribution is 0.0602. The molecule has 0 bridgehead atoms. The number of para-hydroxylation sites is 1. The standard InChI is InChI=1S/C20H19ClN4O2/c1-12-10-13(2)18(15(21)11-12)24-17-8-9-22-20(25-17)23-16-7-5-4-6-14(16)19(26)27-3/h4-11H,1-3H3,(H2,22,23,24,25). The van der Waals surface area contributed by atoms with E-state index in [2.05, 4.69) is 20.6 Å². The first kappa shape index (κ1) is 18.7. The molecular formula is C20H19ClN4O2. The first-order valence-corrected chi connectivity index (χ1v) is 8.67. The van der Waals surface area contributed by atoms with Crippen molar-refractivity contribution in [3.05, 3.63) is 70.4 Å². The van der Waals surface area contributed by atoms with Crippen molar-refractivity contribution in [2.45, 2.75) is 13.8 Å². The van der Waals surface area contributed by atoms with Crippen molar-refractivity contribution in [2.24, 2.45) is 0 Å². The number of aromatic nitrogens is 2. The van der Waals surface area contributed by atoms with Crippen molar-refractivity contribution in [2.75, 3.05) is 17.7 Å². The highest BCUT2D eigenvalue weighted by Gasteiger charge is 2.12. The molecule has 0 saturated heterocycles. The summed E-state index contributed by atoms with van der Waals surface area (Å²) in [6.07, 6.45) is 1.62. The van der Waals surface area contributed by atoms with Gasteiger partial charge in [0.2, 0.25) is 5.95 Å². The molecule has 1 heterocycles. The van der Waals surface area contributed by atoms with Crippen LogP contribution in [-0.4, -0.2) is 23.0 Å². The van der Waals surface area contributed by atoms with Crippen LogP contribution >= 0.6 is 11.6 Å². The van der Waals surface area contributed by atoms with Crippen LogP contribution in [0.3, 0.4) is 0 Å². The number of hydrogen-bond donors (Lipinski definition) is 2. The Morgan fingerprint density at radius 3 is 2.63 bits per heavy atom. The van der Waals surface area contributed by atoms with Gasteiger partial charge in [-0.25, -0.2) is 9.78 Å². The van der Waals surface area contributed by atoms with Crippen LogP contribution in [0, 0.1) is 13.8 Å². The second-order valence-electron chi connectivity index (χ2n) is 5.99. The van der Waals surface area contributed by atoms with Gasteiger partial charge in [0, 0.05) is 6.20 Å². The zero-order valence-electron chi connectivity index (χ0n) is 15.2. The van der Waals surface area contributed by atoms with Gasteiger partial charge in [0.1, 0.15) is 5.82 Å². The van der Waals surface area contributed by atoms with Crippen molar-refractivity contribution in [3.63, 3.8) is 0 Å². The van der Waals surface area contributed by atoms with E-state index in [4.69, 9.17) is 16.3 Å². The van der Waals surface area contributed by atoms with Crippen LogP contribution in [0.2, 0.25) is 5.02 Å². The van der Waals surface area contributed by atoms with Crippen molar-refractivity contribution in [1.82, 2.24) is 9.97 Å². The summed E-state index contributed by atoms with van der Waals surface area (Å²) < 4.78 is 4.81. The normalized spacial score (nSPS) is 10.4. The molecule has 0 aliphatic rings. The van der Waals surface area contributed by atoms with E-state index in [0.717, 1.165) is 16.8 Å². The Morgan fingerprint density at radius 2 is 1.89 bits per heavy atom. The van der Waals surface area contributed by atoms with E-state index in [1.54, 1.807) is 30.5 Å². The average molecular weight is 383 g/mol. The van der Waals surface area contributed by atoms with E-state index in [-0.39, 0.29) is 0 Å². The van der Waals surface area contributed by atoms with Crippen molar-refractivity contribution in [3.8, 4) is 0 Å². The minimum absolute atomic E-state index is 0.345. The molecule has 0 atom stereocenters. The highest BCUT2D eigenvalue weighted by molar-refractivity contribution is 6.33. The zero-order chi connectivity index (χ0) is 19.4. The van der Waals surface area contributed by atoms with E-state index in [1.807, 2.05) is 32.0 Å². The summed E-state index contributed by atoms with van der Waals surface area (Å²) >= 11 is 6.35. The van der Waals surface area contributed by atoms with Crippen LogP contribution < -0.4 is 10.6 Å². The Balaban J connectivity index is 1.87. The summed E-state index contributed by atoms with van der Waals surface area (Å²) in [5, 5.41) is 6.91. The summed E-state index contributed by atoms with van der Waals surface area (Å²) in [6.45, 7) is 3.97. The largest absolute Gasteiger partial charge is 0.465 e. The van der Waals surface area contributed by atoms with Gasteiger partial charge in [0.05, 0.1) is 29.1 Å². The second-order valence-corrected chi connectivity index (χ2v) is 6.40. The SMILES string of the molecule is COC(=O)c1ccccc1Nc1nccc(Nc2c(C)cc(C)cc2Cl)n1. The number of carbonyl (C=O) groups excluding carboxylic acids is 1. The maximum Gasteiger partial charge on any atom is 0.339 e. The molecule has 1 aromatic heterocycles. The van der Waals surface area contributed by atoms with Gasteiger partial charge in [-0.2, -0.15) is 4.98 Å². The molecule has 7 heteroatoms. The molecule has 0 spiro atoms.